The zero-order valence-electron chi connectivity index (χ0n) is 8.63. The molecule has 15 heavy (non-hydrogen) atoms. The number of carboxylic acid groups (broad SMARTS) is 1. The lowest BCUT2D eigenvalue weighted by molar-refractivity contribution is -0.0455. The molecule has 5 heteroatoms. The maximum Gasteiger partial charge on any atom is 0.407 e. The van der Waals surface area contributed by atoms with Gasteiger partial charge in [-0.15, -0.1) is 0 Å². The summed E-state index contributed by atoms with van der Waals surface area (Å²) in [5, 5.41) is 17.9. The number of rotatable bonds is 3. The first-order chi connectivity index (χ1) is 7.20. The molecule has 0 bridgehead atoms. The molecule has 0 aromatic rings. The van der Waals surface area contributed by atoms with Crippen molar-refractivity contribution in [2.75, 3.05) is 13.2 Å². The molecule has 1 saturated carbocycles. The van der Waals surface area contributed by atoms with E-state index < -0.39 is 6.09 Å². The van der Waals surface area contributed by atoms with Gasteiger partial charge in [-0.25, -0.2) is 4.79 Å². The minimum atomic E-state index is -0.964. The zero-order chi connectivity index (χ0) is 10.8. The maximum absolute atomic E-state index is 10.8. The van der Waals surface area contributed by atoms with Gasteiger partial charge in [0.1, 0.15) is 0 Å². The van der Waals surface area contributed by atoms with Gasteiger partial charge in [0.2, 0.25) is 0 Å². The van der Waals surface area contributed by atoms with Crippen molar-refractivity contribution in [1.29, 1.82) is 0 Å². The second-order valence-electron chi connectivity index (χ2n) is 4.32. The topological polar surface area (TPSA) is 70.0 Å². The van der Waals surface area contributed by atoms with Gasteiger partial charge in [0.25, 0.3) is 0 Å². The van der Waals surface area contributed by atoms with Crippen LogP contribution < -0.4 is 0 Å². The van der Waals surface area contributed by atoms with Crippen LogP contribution in [0.5, 0.6) is 0 Å². The third-order valence-electron chi connectivity index (χ3n) is 3.27. The van der Waals surface area contributed by atoms with Crippen molar-refractivity contribution < 1.29 is 19.7 Å². The Labute approximate surface area is 88.6 Å². The molecule has 1 heterocycles. The zero-order valence-corrected chi connectivity index (χ0v) is 8.63. The maximum atomic E-state index is 10.8. The molecule has 1 amide bonds. The van der Waals surface area contributed by atoms with Crippen LogP contribution in [0.3, 0.4) is 0 Å². The average molecular weight is 215 g/mol. The number of aliphatic hydroxyl groups excluding tert-OH is 1. The van der Waals surface area contributed by atoms with E-state index in [-0.39, 0.29) is 18.8 Å². The molecular formula is C10H17NO4. The first kappa shape index (κ1) is 10.7. The summed E-state index contributed by atoms with van der Waals surface area (Å²) < 4.78 is 5.74. The highest BCUT2D eigenvalue weighted by Gasteiger charge is 2.37. The van der Waals surface area contributed by atoms with Gasteiger partial charge in [0.05, 0.1) is 31.4 Å². The van der Waals surface area contributed by atoms with Crippen LogP contribution >= 0.6 is 0 Å². The summed E-state index contributed by atoms with van der Waals surface area (Å²) >= 11 is 0. The molecule has 0 unspecified atom stereocenters. The second-order valence-corrected chi connectivity index (χ2v) is 4.32. The summed E-state index contributed by atoms with van der Waals surface area (Å²) in [5.41, 5.74) is 0. The van der Waals surface area contributed by atoms with E-state index in [9.17, 15) is 4.79 Å². The Balaban J connectivity index is 1.86. The lowest BCUT2D eigenvalue weighted by Crippen LogP contribution is -2.37. The highest BCUT2D eigenvalue weighted by Crippen LogP contribution is 2.28. The summed E-state index contributed by atoms with van der Waals surface area (Å²) in [6.07, 6.45) is 3.35. The van der Waals surface area contributed by atoms with Crippen molar-refractivity contribution in [1.82, 2.24) is 4.90 Å². The molecule has 5 nitrogen and oxygen atoms in total. The molecule has 0 aromatic carbocycles. The summed E-state index contributed by atoms with van der Waals surface area (Å²) in [6.45, 7) is 0.286. The molecule has 2 fully saturated rings. The monoisotopic (exact) mass is 215 g/mol. The standard InChI is InChI=1S/C10H17NO4/c12-6-7-4-9(5-11(7)10(13)14)15-8-2-1-3-8/h7-9,12H,1-6H2,(H,13,14)/t7-,9+/m0/s1. The van der Waals surface area contributed by atoms with Gasteiger partial charge >= 0.3 is 6.09 Å². The third-order valence-corrected chi connectivity index (χ3v) is 3.27. The number of nitrogens with zero attached hydrogens (tertiary/aromatic N) is 1. The molecule has 1 saturated heterocycles. The highest BCUT2D eigenvalue weighted by molar-refractivity contribution is 5.66. The molecule has 86 valence electrons. The highest BCUT2D eigenvalue weighted by atomic mass is 16.5. The molecule has 2 N–H and O–H groups in total. The fourth-order valence-electron chi connectivity index (χ4n) is 2.16. The van der Waals surface area contributed by atoms with Crippen molar-refractivity contribution in [2.24, 2.45) is 0 Å². The van der Waals surface area contributed by atoms with Crippen LogP contribution in [0.1, 0.15) is 25.7 Å². The summed E-state index contributed by atoms with van der Waals surface area (Å²) in [5.74, 6) is 0. The number of aliphatic hydroxyl groups is 1. The van der Waals surface area contributed by atoms with Crippen molar-refractivity contribution in [2.45, 2.75) is 43.9 Å². The minimum absolute atomic E-state index is 0.0245. The number of ether oxygens (including phenoxy) is 1. The SMILES string of the molecule is O=C(O)N1C[C@H](OC2CCC2)C[C@H]1CO. The number of likely N-dealkylation sites (tertiary alicyclic amines) is 1. The Morgan fingerprint density at radius 3 is 2.53 bits per heavy atom. The first-order valence-corrected chi connectivity index (χ1v) is 5.46. The van der Waals surface area contributed by atoms with Crippen LogP contribution in [-0.4, -0.2) is 52.6 Å². The molecule has 2 atom stereocenters. The molecule has 1 aliphatic heterocycles. The summed E-state index contributed by atoms with van der Waals surface area (Å²) in [7, 11) is 0. The minimum Gasteiger partial charge on any atom is -0.465 e. The van der Waals surface area contributed by atoms with Gasteiger partial charge in [-0.05, 0) is 25.7 Å². The van der Waals surface area contributed by atoms with Crippen LogP contribution in [0.15, 0.2) is 0 Å². The summed E-state index contributed by atoms with van der Waals surface area (Å²) in [6, 6.07) is -0.285. The normalized spacial score (nSPS) is 31.7. The number of hydrogen-bond donors (Lipinski definition) is 2. The molecular weight excluding hydrogens is 198 g/mol. The smallest absolute Gasteiger partial charge is 0.407 e. The molecule has 0 aromatic heterocycles. The van der Waals surface area contributed by atoms with E-state index in [1.165, 1.54) is 11.3 Å². The first-order valence-electron chi connectivity index (χ1n) is 5.46. The fraction of sp³-hybridized carbons (Fsp3) is 0.900. The van der Waals surface area contributed by atoms with E-state index in [0.29, 0.717) is 19.1 Å². The predicted octanol–water partition coefficient (Wildman–Crippen LogP) is 0.669. The number of carbonyl (C=O) groups is 1. The van der Waals surface area contributed by atoms with Gasteiger partial charge < -0.3 is 19.8 Å². The van der Waals surface area contributed by atoms with E-state index >= 15 is 0 Å². The van der Waals surface area contributed by atoms with Crippen LogP contribution in [-0.2, 0) is 4.74 Å². The number of hydrogen-bond acceptors (Lipinski definition) is 3. The molecule has 1 aliphatic carbocycles. The molecule has 0 spiro atoms. The Morgan fingerprint density at radius 1 is 1.40 bits per heavy atom. The van der Waals surface area contributed by atoms with E-state index in [1.54, 1.807) is 0 Å². The summed E-state index contributed by atoms with van der Waals surface area (Å²) in [4.78, 5) is 12.1. The number of amides is 1. The Bertz CT molecular complexity index is 242. The second kappa shape index (κ2) is 4.37. The third kappa shape index (κ3) is 2.23. The lowest BCUT2D eigenvalue weighted by Gasteiger charge is -2.28. The van der Waals surface area contributed by atoms with Crippen LogP contribution in [0.4, 0.5) is 4.79 Å². The average Bonchev–Trinajstić information content (AvgIpc) is 2.54. The molecule has 0 radical (unpaired) electrons. The van der Waals surface area contributed by atoms with Crippen molar-refractivity contribution >= 4 is 6.09 Å². The largest absolute Gasteiger partial charge is 0.465 e. The van der Waals surface area contributed by atoms with E-state index in [4.69, 9.17) is 14.9 Å². The van der Waals surface area contributed by atoms with Crippen LogP contribution in [0.25, 0.3) is 0 Å². The van der Waals surface area contributed by atoms with Gasteiger partial charge in [0, 0.05) is 0 Å². The van der Waals surface area contributed by atoms with E-state index in [2.05, 4.69) is 0 Å². The van der Waals surface area contributed by atoms with Gasteiger partial charge in [-0.3, -0.25) is 0 Å². The lowest BCUT2D eigenvalue weighted by atomic mass is 9.96. The van der Waals surface area contributed by atoms with Crippen LogP contribution in [0.2, 0.25) is 0 Å². The van der Waals surface area contributed by atoms with Crippen molar-refractivity contribution in [3.05, 3.63) is 0 Å². The van der Waals surface area contributed by atoms with E-state index in [1.807, 2.05) is 0 Å². The van der Waals surface area contributed by atoms with Crippen molar-refractivity contribution in [3.63, 3.8) is 0 Å². The fourth-order valence-corrected chi connectivity index (χ4v) is 2.16. The van der Waals surface area contributed by atoms with Gasteiger partial charge in [0.15, 0.2) is 0 Å². The molecule has 2 rings (SSSR count). The predicted molar refractivity (Wildman–Crippen MR) is 52.7 cm³/mol. The Morgan fingerprint density at radius 2 is 2.13 bits per heavy atom. The van der Waals surface area contributed by atoms with Crippen LogP contribution in [0, 0.1) is 0 Å². The van der Waals surface area contributed by atoms with Gasteiger partial charge in [-0.2, -0.15) is 0 Å². The Kier molecular flexibility index (Phi) is 3.11. The molecule has 2 aliphatic rings. The van der Waals surface area contributed by atoms with Gasteiger partial charge in [-0.1, -0.05) is 0 Å². The van der Waals surface area contributed by atoms with Crippen molar-refractivity contribution in [3.8, 4) is 0 Å². The quantitative estimate of drug-likeness (QED) is 0.726. The Hall–Kier alpha value is -0.810. The van der Waals surface area contributed by atoms with E-state index in [0.717, 1.165) is 12.8 Å².